The fraction of sp³-hybridized carbons (Fsp3) is 0.0156. The summed E-state index contributed by atoms with van der Waals surface area (Å²) in [6.07, 6.45) is 0. The molecule has 6 heterocycles. The lowest BCUT2D eigenvalue weighted by molar-refractivity contribution is 0.669. The smallest absolute Gasteiger partial charge is 0.143 e. The number of fused-ring (bicyclic) bond motifs is 24. The molecule has 0 bridgehead atoms. The van der Waals surface area contributed by atoms with E-state index in [9.17, 15) is 0 Å². The predicted octanol–water partition coefficient (Wildman–Crippen LogP) is 37.7. The highest BCUT2D eigenvalue weighted by molar-refractivity contribution is 7.99. The Kier molecular flexibility index (Phi) is 18.5. The predicted molar refractivity (Wildman–Crippen MR) is 581 cm³/mol. The van der Waals surface area contributed by atoms with Crippen LogP contribution in [0.15, 0.2) is 492 Å². The van der Waals surface area contributed by atoms with Crippen molar-refractivity contribution in [2.24, 2.45) is 0 Å². The van der Waals surface area contributed by atoms with Crippen LogP contribution in [-0.4, -0.2) is 0 Å². The Morgan fingerprint density at radius 1 is 0.226 bits per heavy atom. The van der Waals surface area contributed by atoms with Crippen molar-refractivity contribution in [3.8, 4) is 55.6 Å². The van der Waals surface area contributed by atoms with Crippen LogP contribution < -0.4 is 14.7 Å². The van der Waals surface area contributed by atoms with Gasteiger partial charge in [-0.05, 0) is 230 Å². The van der Waals surface area contributed by atoms with E-state index in [-0.39, 0.29) is 5.92 Å². The van der Waals surface area contributed by atoms with Crippen molar-refractivity contribution in [1.82, 2.24) is 0 Å². The summed E-state index contributed by atoms with van der Waals surface area (Å²) in [5, 5.41) is 11.6. The average molecular weight is 1820 g/mol. The topological polar surface area (TPSA) is 36.0 Å². The maximum atomic E-state index is 7.10. The van der Waals surface area contributed by atoms with E-state index in [0.29, 0.717) is 0 Å². The highest BCUT2D eigenvalue weighted by atomic mass is 32.2. The summed E-state index contributed by atoms with van der Waals surface area (Å²) in [6.45, 7) is 0. The molecular weight excluding hydrogens is 1740 g/mol. The number of para-hydroxylation sites is 6. The van der Waals surface area contributed by atoms with Crippen LogP contribution in [0.5, 0.6) is 0 Å². The van der Waals surface area contributed by atoms with E-state index >= 15 is 0 Å². The van der Waals surface area contributed by atoms with E-state index in [1.54, 1.807) is 0 Å². The van der Waals surface area contributed by atoms with Crippen LogP contribution in [-0.2, 0) is 5.41 Å². The summed E-state index contributed by atoms with van der Waals surface area (Å²) in [5.74, 6) is -0.338. The first-order valence-corrected chi connectivity index (χ1v) is 49.9. The molecule has 2 aliphatic rings. The molecule has 5 nitrogen and oxygen atoms in total. The Bertz CT molecular complexity index is 9100. The number of hydrogen-bond acceptors (Lipinski definition) is 9. The summed E-state index contributed by atoms with van der Waals surface area (Å²) in [7, 11) is 0. The van der Waals surface area contributed by atoms with Crippen molar-refractivity contribution in [3.05, 3.63) is 512 Å². The van der Waals surface area contributed by atoms with Crippen LogP contribution in [0.25, 0.3) is 160 Å². The number of hydrogen-bond donors (Lipinski definition) is 0. The van der Waals surface area contributed by atoms with Gasteiger partial charge in [0.25, 0.3) is 0 Å². The lowest BCUT2D eigenvalue weighted by Crippen LogP contribution is -2.32. The lowest BCUT2D eigenvalue weighted by atomic mass is 9.67. The van der Waals surface area contributed by atoms with Crippen LogP contribution in [0.4, 0.5) is 51.2 Å². The molecule has 137 heavy (non-hydrogen) atoms. The Morgan fingerprint density at radius 3 is 1.23 bits per heavy atom. The number of rotatable bonds is 16. The van der Waals surface area contributed by atoms with Gasteiger partial charge in [0.05, 0.1) is 16.8 Å². The molecule has 1 aliphatic carbocycles. The van der Waals surface area contributed by atoms with Gasteiger partial charge in [-0.25, -0.2) is 0 Å². The molecule has 1 spiro atoms. The first-order chi connectivity index (χ1) is 67.9. The maximum absolute atomic E-state index is 7.10. The third-order valence-electron chi connectivity index (χ3n) is 28.3. The van der Waals surface area contributed by atoms with E-state index in [4.69, 9.17) is 8.83 Å². The van der Waals surface area contributed by atoms with Gasteiger partial charge in [0.15, 0.2) is 0 Å². The fourth-order valence-corrected chi connectivity index (χ4v) is 27.3. The fourth-order valence-electron chi connectivity index (χ4n) is 22.5. The summed E-state index contributed by atoms with van der Waals surface area (Å²) in [4.78, 5) is 9.91. The van der Waals surface area contributed by atoms with E-state index in [1.807, 2.05) is 45.8 Å². The molecule has 0 amide bonds. The van der Waals surface area contributed by atoms with Crippen molar-refractivity contribution >= 4 is 201 Å². The second kappa shape index (κ2) is 31.9. The van der Waals surface area contributed by atoms with E-state index in [0.717, 1.165) is 160 Å². The Hall–Kier alpha value is -16.4. The molecule has 1 aliphatic heterocycles. The van der Waals surface area contributed by atoms with Gasteiger partial charge in [-0.15, -0.1) is 34.0 Å². The van der Waals surface area contributed by atoms with Gasteiger partial charge in [0.1, 0.15) is 22.3 Å². The molecule has 0 radical (unpaired) electrons. The minimum absolute atomic E-state index is 0.338. The maximum Gasteiger partial charge on any atom is 0.143 e. The quantitative estimate of drug-likeness (QED) is 0.0898. The molecule has 1 unspecified atom stereocenters. The molecule has 0 N–H and O–H groups in total. The van der Waals surface area contributed by atoms with Crippen molar-refractivity contribution in [2.75, 3.05) is 14.7 Å². The molecule has 21 aromatic carbocycles. The summed E-state index contributed by atoms with van der Waals surface area (Å²) in [5.41, 5.74) is 31.5. The molecule has 28 rings (SSSR count). The molecule has 26 aromatic rings. The number of nitrogens with zero attached hydrogens (tertiary/aromatic N) is 3. The zero-order chi connectivity index (χ0) is 89.9. The lowest BCUT2D eigenvalue weighted by Gasteiger charge is -2.41. The number of thiophene rings is 3. The molecular formula is C128H79N3O2S4. The van der Waals surface area contributed by atoms with Crippen LogP contribution >= 0.6 is 45.8 Å². The minimum Gasteiger partial charge on any atom is -0.455 e. The van der Waals surface area contributed by atoms with Crippen molar-refractivity contribution in [1.29, 1.82) is 0 Å². The standard InChI is InChI=1S/C128H79N3O2S4/c1-8-34-79(35-9-1)83-70-110(123-98-51-25-30-60-115(98)134-119(123)72-83)130(87-44-18-6-19-45-87)90-63-66-107-117(77-90)136-118-78-91(131(88-46-20-7-21-47-88)111-71-84(80-36-10-2-11-37-80)73-120-124(111)99-52-26-31-61-116(99)135-120)64-67-108(118)128(107)106-65-62-89(129(86-42-16-5-17-43-86)92-75-103-95-50-24-29-59-114(95)137-127(103)104(76-92)97-54-32-53-96-93-48-22-27-57-112(93)132-125(96)97)74-105(106)122-100(55-33-56-109(122)128)121(82-40-14-4-15-41-82)85-68-101(81-38-12-3-13-39-81)126-102(69-85)94-49-23-28-58-113(94)133-126/h1-78,121H. The normalized spacial score (nSPS) is 12.8. The first kappa shape index (κ1) is 79.2. The van der Waals surface area contributed by atoms with Crippen LogP contribution in [0.1, 0.15) is 44.9 Å². The van der Waals surface area contributed by atoms with E-state index in [2.05, 4.69) is 488 Å². The Labute approximate surface area is 807 Å². The largest absolute Gasteiger partial charge is 0.455 e. The first-order valence-electron chi connectivity index (χ1n) is 46.7. The molecule has 1 atom stereocenters. The molecule has 5 aromatic heterocycles. The highest BCUT2D eigenvalue weighted by Crippen LogP contribution is 2.67. The third-order valence-corrected chi connectivity index (χ3v) is 32.9. The van der Waals surface area contributed by atoms with Crippen molar-refractivity contribution in [2.45, 2.75) is 21.1 Å². The molecule has 0 saturated heterocycles. The van der Waals surface area contributed by atoms with Crippen LogP contribution in [0.2, 0.25) is 0 Å². The van der Waals surface area contributed by atoms with E-state index in [1.165, 1.54) is 99.5 Å². The van der Waals surface area contributed by atoms with Gasteiger partial charge in [-0.3, -0.25) is 0 Å². The number of furan rings is 2. The second-order valence-electron chi connectivity index (χ2n) is 35.9. The monoisotopic (exact) mass is 1820 g/mol. The average Bonchev–Trinajstić information content (AvgIpc) is 1.51. The minimum atomic E-state index is -0.999. The van der Waals surface area contributed by atoms with Crippen LogP contribution in [0.3, 0.4) is 0 Å². The Morgan fingerprint density at radius 2 is 0.664 bits per heavy atom. The molecule has 0 saturated carbocycles. The summed E-state index contributed by atoms with van der Waals surface area (Å²) in [6, 6.07) is 177. The SMILES string of the molecule is c1ccc(-c2cc(N(c3ccccc3)c3ccc4c(c3)Sc3cc(N(c5ccccc5)c5cc(-c6ccccc6)cc6sc7ccccc7c56)ccc3C43c4ccc(N(c5ccccc5)c5cc(-c6cccc7c6oc6ccccc67)c6sc7ccccc7c6c5)cc4-c4c(C(c5ccccc5)c5cc(-c6ccccc6)c6oc7ccccc7c6c5)cccc43)c3c(c2)sc2ccccc23)cc1. The highest BCUT2D eigenvalue weighted by Gasteiger charge is 2.52. The molecule has 0 fully saturated rings. The zero-order valence-corrected chi connectivity index (χ0v) is 77.2. The molecule has 9 heteroatoms. The summed E-state index contributed by atoms with van der Waals surface area (Å²) >= 11 is 7.48. The van der Waals surface area contributed by atoms with Crippen molar-refractivity contribution in [3.63, 3.8) is 0 Å². The Balaban J connectivity index is 0.749. The van der Waals surface area contributed by atoms with Gasteiger partial charge in [-0.2, -0.15) is 0 Å². The summed E-state index contributed by atoms with van der Waals surface area (Å²) < 4.78 is 21.5. The van der Waals surface area contributed by atoms with Crippen LogP contribution in [0, 0.1) is 0 Å². The molecule has 642 valence electrons. The van der Waals surface area contributed by atoms with Gasteiger partial charge in [0, 0.05) is 154 Å². The number of anilines is 9. The van der Waals surface area contributed by atoms with E-state index < -0.39 is 5.41 Å². The number of benzene rings is 21. The van der Waals surface area contributed by atoms with Gasteiger partial charge in [-0.1, -0.05) is 333 Å². The van der Waals surface area contributed by atoms with Gasteiger partial charge in [0.2, 0.25) is 0 Å². The van der Waals surface area contributed by atoms with Gasteiger partial charge >= 0.3 is 0 Å². The third kappa shape index (κ3) is 12.7. The zero-order valence-electron chi connectivity index (χ0n) is 73.9. The van der Waals surface area contributed by atoms with Gasteiger partial charge < -0.3 is 23.5 Å². The second-order valence-corrected chi connectivity index (χ2v) is 40.2. The van der Waals surface area contributed by atoms with Crippen molar-refractivity contribution < 1.29 is 8.83 Å².